The van der Waals surface area contributed by atoms with E-state index in [9.17, 15) is 9.59 Å². The molecule has 27 heavy (non-hydrogen) atoms. The van der Waals surface area contributed by atoms with Crippen molar-refractivity contribution in [3.63, 3.8) is 0 Å². The Morgan fingerprint density at radius 3 is 2.52 bits per heavy atom. The summed E-state index contributed by atoms with van der Waals surface area (Å²) < 4.78 is 1.35. The summed E-state index contributed by atoms with van der Waals surface area (Å²) in [6.07, 6.45) is 0.526. The second kappa shape index (κ2) is 7.96. The molecule has 2 aromatic heterocycles. The summed E-state index contributed by atoms with van der Waals surface area (Å²) in [6, 6.07) is 11.9. The average molecular weight is 385 g/mol. The van der Waals surface area contributed by atoms with Crippen LogP contribution in [0.2, 0.25) is 0 Å². The third-order valence-electron chi connectivity index (χ3n) is 3.65. The number of nitrogens with two attached hydrogens (primary N) is 2. The summed E-state index contributed by atoms with van der Waals surface area (Å²) in [4.78, 5) is 32.9. The third-order valence-corrected chi connectivity index (χ3v) is 4.87. The number of carbonyl (C=O) groups is 1. The minimum absolute atomic E-state index is 0.240. The number of thioether (sulfide) groups is 1. The van der Waals surface area contributed by atoms with Gasteiger partial charge in [-0.1, -0.05) is 36.9 Å². The lowest BCUT2D eigenvalue weighted by Crippen LogP contribution is -2.25. The Labute approximate surface area is 159 Å². The van der Waals surface area contributed by atoms with E-state index in [-0.39, 0.29) is 23.1 Å². The topological polar surface area (TPSA) is 145 Å². The van der Waals surface area contributed by atoms with Crippen molar-refractivity contribution < 1.29 is 4.79 Å². The Morgan fingerprint density at radius 2 is 1.89 bits per heavy atom. The van der Waals surface area contributed by atoms with Gasteiger partial charge in [-0.25, -0.2) is 14.6 Å². The molecule has 1 unspecified atom stereocenters. The van der Waals surface area contributed by atoms with Gasteiger partial charge in [0.05, 0.1) is 10.9 Å². The first-order chi connectivity index (χ1) is 13.0. The number of para-hydroxylation sites is 1. The smallest absolute Gasteiger partial charge is 0.273 e. The zero-order chi connectivity index (χ0) is 19.4. The van der Waals surface area contributed by atoms with Crippen LogP contribution < -0.4 is 22.3 Å². The van der Waals surface area contributed by atoms with Crippen molar-refractivity contribution in [1.29, 1.82) is 0 Å². The number of aromatic amines is 1. The molecule has 0 aliphatic heterocycles. The zero-order valence-corrected chi connectivity index (χ0v) is 15.4. The van der Waals surface area contributed by atoms with E-state index in [0.29, 0.717) is 23.1 Å². The fraction of sp³-hybridized carbons (Fsp3) is 0.176. The van der Waals surface area contributed by atoms with E-state index >= 15 is 0 Å². The molecule has 0 fully saturated rings. The van der Waals surface area contributed by atoms with Gasteiger partial charge in [-0.15, -0.1) is 0 Å². The molecule has 0 radical (unpaired) electrons. The molecule has 10 heteroatoms. The number of nitrogens with one attached hydrogen (secondary N) is 2. The van der Waals surface area contributed by atoms with Crippen LogP contribution in [0.3, 0.4) is 0 Å². The third kappa shape index (κ3) is 4.47. The zero-order valence-electron chi connectivity index (χ0n) is 14.5. The van der Waals surface area contributed by atoms with Crippen LogP contribution in [0.5, 0.6) is 0 Å². The molecule has 0 bridgehead atoms. The van der Waals surface area contributed by atoms with Gasteiger partial charge in [0.15, 0.2) is 5.16 Å². The SMILES string of the molecule is CCC(Sc1nc(N)cc(N)n1)C(=O)Nc1cc(=O)n(-c2ccccc2)[nH]1. The maximum atomic E-state index is 12.6. The maximum absolute atomic E-state index is 12.6. The van der Waals surface area contributed by atoms with E-state index in [2.05, 4.69) is 20.4 Å². The van der Waals surface area contributed by atoms with Gasteiger partial charge in [0.2, 0.25) is 5.91 Å². The standard InChI is InChI=1S/C17H19N7O2S/c1-2-11(27-17-20-12(18)8-13(19)21-17)16(26)22-14-9-15(25)24(23-14)10-6-4-3-5-7-10/h3-9,11,23H,2H2,1H3,(H,22,26)(H4,18,19,20,21). The molecule has 0 saturated carbocycles. The molecule has 1 aromatic carbocycles. The monoisotopic (exact) mass is 385 g/mol. The van der Waals surface area contributed by atoms with Gasteiger partial charge in [0.25, 0.3) is 5.56 Å². The fourth-order valence-corrected chi connectivity index (χ4v) is 3.31. The van der Waals surface area contributed by atoms with E-state index in [1.54, 1.807) is 12.1 Å². The summed E-state index contributed by atoms with van der Waals surface area (Å²) >= 11 is 1.16. The minimum atomic E-state index is -0.477. The lowest BCUT2D eigenvalue weighted by molar-refractivity contribution is -0.115. The van der Waals surface area contributed by atoms with Crippen LogP contribution in [0.4, 0.5) is 17.5 Å². The number of anilines is 3. The van der Waals surface area contributed by atoms with Crippen LogP contribution in [0.25, 0.3) is 5.69 Å². The summed E-state index contributed by atoms with van der Waals surface area (Å²) in [7, 11) is 0. The van der Waals surface area contributed by atoms with Gasteiger partial charge in [0, 0.05) is 12.1 Å². The molecular formula is C17H19N7O2S. The molecule has 3 aromatic rings. The van der Waals surface area contributed by atoms with E-state index < -0.39 is 5.25 Å². The van der Waals surface area contributed by atoms with Gasteiger partial charge >= 0.3 is 0 Å². The largest absolute Gasteiger partial charge is 0.383 e. The number of aromatic nitrogens is 4. The molecule has 6 N–H and O–H groups in total. The van der Waals surface area contributed by atoms with E-state index in [1.807, 2.05) is 25.1 Å². The number of nitrogen functional groups attached to an aromatic ring is 2. The number of benzene rings is 1. The highest BCUT2D eigenvalue weighted by atomic mass is 32.2. The fourth-order valence-electron chi connectivity index (χ4n) is 2.41. The predicted molar refractivity (Wildman–Crippen MR) is 106 cm³/mol. The van der Waals surface area contributed by atoms with Gasteiger partial charge in [0.1, 0.15) is 17.5 Å². The van der Waals surface area contributed by atoms with E-state index in [1.165, 1.54) is 16.8 Å². The van der Waals surface area contributed by atoms with Crippen molar-refractivity contribution in [2.75, 3.05) is 16.8 Å². The minimum Gasteiger partial charge on any atom is -0.383 e. The Kier molecular flexibility index (Phi) is 5.46. The first kappa shape index (κ1) is 18.5. The van der Waals surface area contributed by atoms with Gasteiger partial charge in [-0.05, 0) is 18.6 Å². The number of amides is 1. The lowest BCUT2D eigenvalue weighted by atomic mass is 10.3. The van der Waals surface area contributed by atoms with Crippen LogP contribution in [-0.2, 0) is 4.79 Å². The first-order valence-corrected chi connectivity index (χ1v) is 9.09. The number of hydrogen-bond donors (Lipinski definition) is 4. The molecule has 1 atom stereocenters. The summed E-state index contributed by atoms with van der Waals surface area (Å²) in [5.74, 6) is 0.503. The van der Waals surface area contributed by atoms with Gasteiger partial charge < -0.3 is 16.8 Å². The highest BCUT2D eigenvalue weighted by Gasteiger charge is 2.21. The first-order valence-electron chi connectivity index (χ1n) is 8.21. The second-order valence-electron chi connectivity index (χ2n) is 5.68. The second-order valence-corrected chi connectivity index (χ2v) is 6.85. The number of H-pyrrole nitrogens is 1. The van der Waals surface area contributed by atoms with Crippen molar-refractivity contribution in [3.05, 3.63) is 52.8 Å². The van der Waals surface area contributed by atoms with Crippen LogP contribution >= 0.6 is 11.8 Å². The summed E-state index contributed by atoms with van der Waals surface area (Å²) in [6.45, 7) is 1.87. The average Bonchev–Trinajstić information content (AvgIpc) is 2.99. The van der Waals surface area contributed by atoms with Crippen molar-refractivity contribution in [1.82, 2.24) is 19.7 Å². The maximum Gasteiger partial charge on any atom is 0.273 e. The molecule has 3 rings (SSSR count). The molecule has 2 heterocycles. The normalized spacial score (nSPS) is 11.9. The van der Waals surface area contributed by atoms with E-state index in [4.69, 9.17) is 11.5 Å². The van der Waals surface area contributed by atoms with Crippen LogP contribution in [0.15, 0.2) is 52.4 Å². The Hall–Kier alpha value is -3.27. The van der Waals surface area contributed by atoms with Crippen molar-refractivity contribution in [3.8, 4) is 5.69 Å². The van der Waals surface area contributed by atoms with Crippen LogP contribution in [-0.4, -0.2) is 30.9 Å². The Morgan fingerprint density at radius 1 is 1.22 bits per heavy atom. The van der Waals surface area contributed by atoms with Gasteiger partial charge in [-0.3, -0.25) is 14.7 Å². The number of carbonyl (C=O) groups excluding carboxylic acids is 1. The number of rotatable bonds is 6. The molecule has 0 saturated heterocycles. The Balaban J connectivity index is 1.74. The Bertz CT molecular complexity index is 980. The molecule has 9 nitrogen and oxygen atoms in total. The highest BCUT2D eigenvalue weighted by Crippen LogP contribution is 2.24. The van der Waals surface area contributed by atoms with Crippen molar-refractivity contribution in [2.45, 2.75) is 23.8 Å². The molecule has 140 valence electrons. The van der Waals surface area contributed by atoms with Crippen molar-refractivity contribution >= 4 is 35.1 Å². The van der Waals surface area contributed by atoms with Crippen molar-refractivity contribution in [2.24, 2.45) is 0 Å². The highest BCUT2D eigenvalue weighted by molar-refractivity contribution is 8.00. The van der Waals surface area contributed by atoms with Gasteiger partial charge in [-0.2, -0.15) is 0 Å². The number of hydrogen-bond acceptors (Lipinski definition) is 7. The molecule has 1 amide bonds. The quantitative estimate of drug-likeness (QED) is 0.373. The molecule has 0 spiro atoms. The molecular weight excluding hydrogens is 366 g/mol. The van der Waals surface area contributed by atoms with Crippen LogP contribution in [0, 0.1) is 0 Å². The molecule has 0 aliphatic carbocycles. The summed E-state index contributed by atoms with van der Waals surface area (Å²) in [5.41, 5.74) is 11.7. The van der Waals surface area contributed by atoms with E-state index in [0.717, 1.165) is 11.8 Å². The summed E-state index contributed by atoms with van der Waals surface area (Å²) in [5, 5.41) is 5.45. The molecule has 0 aliphatic rings. The number of nitrogens with zero attached hydrogens (tertiary/aromatic N) is 3. The van der Waals surface area contributed by atoms with Crippen LogP contribution in [0.1, 0.15) is 13.3 Å². The predicted octanol–water partition coefficient (Wildman–Crippen LogP) is 1.63. The lowest BCUT2D eigenvalue weighted by Gasteiger charge is -2.13.